The zero-order valence-corrected chi connectivity index (χ0v) is 11.3. The number of aromatic nitrogens is 1. The maximum atomic E-state index is 12.0. The molecule has 0 radical (unpaired) electrons. The first-order chi connectivity index (χ1) is 9.65. The van der Waals surface area contributed by atoms with E-state index in [0.717, 1.165) is 4.88 Å². The molecule has 0 saturated carbocycles. The van der Waals surface area contributed by atoms with Crippen molar-refractivity contribution in [3.8, 4) is 0 Å². The lowest BCUT2D eigenvalue weighted by atomic mass is 10.1. The van der Waals surface area contributed by atoms with Gasteiger partial charge in [-0.25, -0.2) is 4.98 Å². The third-order valence-electron chi connectivity index (χ3n) is 3.27. The Morgan fingerprint density at radius 1 is 1.30 bits per heavy atom. The van der Waals surface area contributed by atoms with Crippen LogP contribution < -0.4 is 5.32 Å². The van der Waals surface area contributed by atoms with E-state index in [1.165, 1.54) is 11.3 Å². The van der Waals surface area contributed by atoms with Crippen molar-refractivity contribution in [2.75, 3.05) is 5.32 Å². The molecule has 1 unspecified atom stereocenters. The molecule has 1 aliphatic rings. The van der Waals surface area contributed by atoms with E-state index in [1.54, 1.807) is 24.3 Å². The first-order valence-corrected chi connectivity index (χ1v) is 7.05. The molecule has 0 spiro atoms. The monoisotopic (exact) mass is 288 g/mol. The minimum absolute atomic E-state index is 0.232. The van der Waals surface area contributed by atoms with E-state index in [1.807, 2.05) is 6.07 Å². The number of carboxylic acids is 1. The number of benzene rings is 1. The van der Waals surface area contributed by atoms with E-state index in [-0.39, 0.29) is 5.91 Å². The van der Waals surface area contributed by atoms with Crippen LogP contribution in [0, 0.1) is 0 Å². The van der Waals surface area contributed by atoms with Crippen LogP contribution in [0.1, 0.15) is 33.3 Å². The second-order valence-corrected chi connectivity index (χ2v) is 5.66. The Hall–Kier alpha value is -2.21. The molecule has 0 fully saturated rings. The summed E-state index contributed by atoms with van der Waals surface area (Å²) in [5.74, 6) is -1.62. The molecule has 3 rings (SSSR count). The summed E-state index contributed by atoms with van der Waals surface area (Å²) in [6, 6.07) is 8.86. The van der Waals surface area contributed by atoms with Crippen molar-refractivity contribution in [1.82, 2.24) is 4.98 Å². The van der Waals surface area contributed by atoms with Gasteiger partial charge in [-0.2, -0.15) is 0 Å². The quantitative estimate of drug-likeness (QED) is 0.909. The van der Waals surface area contributed by atoms with Gasteiger partial charge >= 0.3 is 5.97 Å². The van der Waals surface area contributed by atoms with Gasteiger partial charge in [0.25, 0.3) is 5.91 Å². The summed E-state index contributed by atoms with van der Waals surface area (Å²) in [7, 11) is 0. The summed E-state index contributed by atoms with van der Waals surface area (Å²) < 4.78 is 0. The highest BCUT2D eigenvalue weighted by atomic mass is 32.1. The van der Waals surface area contributed by atoms with Crippen molar-refractivity contribution in [3.63, 3.8) is 0 Å². The summed E-state index contributed by atoms with van der Waals surface area (Å²) in [6.45, 7) is 0. The number of hydrogen-bond donors (Lipinski definition) is 2. The molecule has 1 aromatic carbocycles. The van der Waals surface area contributed by atoms with Gasteiger partial charge in [0.2, 0.25) is 0 Å². The van der Waals surface area contributed by atoms with Gasteiger partial charge in [0.1, 0.15) is 5.92 Å². The van der Waals surface area contributed by atoms with Gasteiger partial charge in [0.05, 0.1) is 5.69 Å². The normalized spacial score (nSPS) is 16.7. The standard InChI is InChI=1S/C14H12N2O3S/c17-12(8-4-2-1-3-5-8)16-14-15-11-9(13(18)19)6-7-10(11)20-14/h1-5,9H,6-7H2,(H,18,19)(H,15,16,17). The van der Waals surface area contributed by atoms with Crippen molar-refractivity contribution in [1.29, 1.82) is 0 Å². The van der Waals surface area contributed by atoms with Gasteiger partial charge in [-0.1, -0.05) is 18.2 Å². The summed E-state index contributed by atoms with van der Waals surface area (Å²) in [5, 5.41) is 12.3. The fourth-order valence-electron chi connectivity index (χ4n) is 2.28. The maximum absolute atomic E-state index is 12.0. The molecule has 6 heteroatoms. The highest BCUT2D eigenvalue weighted by molar-refractivity contribution is 7.16. The average Bonchev–Trinajstić information content (AvgIpc) is 2.98. The van der Waals surface area contributed by atoms with Crippen LogP contribution in [-0.4, -0.2) is 22.0 Å². The number of thiazole rings is 1. The molecule has 1 aliphatic carbocycles. The van der Waals surface area contributed by atoms with Crippen LogP contribution in [0.5, 0.6) is 0 Å². The number of amides is 1. The zero-order chi connectivity index (χ0) is 14.1. The number of fused-ring (bicyclic) bond motifs is 1. The Balaban J connectivity index is 1.79. The van der Waals surface area contributed by atoms with Crippen LogP contribution in [0.25, 0.3) is 0 Å². The SMILES string of the molecule is O=C(Nc1nc2c(s1)CCC2C(=O)O)c1ccccc1. The zero-order valence-electron chi connectivity index (χ0n) is 10.5. The Bertz CT molecular complexity index is 666. The van der Waals surface area contributed by atoms with Gasteiger partial charge in [-0.3, -0.25) is 14.9 Å². The molecule has 1 aromatic heterocycles. The number of rotatable bonds is 3. The first-order valence-electron chi connectivity index (χ1n) is 6.24. The molecule has 0 saturated heterocycles. The number of aliphatic carboxylic acids is 1. The largest absolute Gasteiger partial charge is 0.481 e. The lowest BCUT2D eigenvalue weighted by molar-refractivity contribution is -0.138. The molecule has 5 nitrogen and oxygen atoms in total. The van der Waals surface area contributed by atoms with Crippen molar-refractivity contribution in [2.45, 2.75) is 18.8 Å². The summed E-state index contributed by atoms with van der Waals surface area (Å²) in [5.41, 5.74) is 1.16. The summed E-state index contributed by atoms with van der Waals surface area (Å²) in [4.78, 5) is 28.3. The minimum Gasteiger partial charge on any atom is -0.481 e. The molecule has 20 heavy (non-hydrogen) atoms. The number of hydrogen-bond acceptors (Lipinski definition) is 4. The van der Waals surface area contributed by atoms with Crippen LogP contribution in [0.4, 0.5) is 5.13 Å². The van der Waals surface area contributed by atoms with Gasteiger partial charge in [-0.05, 0) is 25.0 Å². The number of nitrogens with one attached hydrogen (secondary N) is 1. The Morgan fingerprint density at radius 2 is 2.05 bits per heavy atom. The molecule has 102 valence electrons. The second kappa shape index (κ2) is 5.05. The lowest BCUT2D eigenvalue weighted by Gasteiger charge is -2.03. The number of carbonyl (C=O) groups is 2. The average molecular weight is 288 g/mol. The molecular weight excluding hydrogens is 276 g/mol. The molecule has 0 aliphatic heterocycles. The number of anilines is 1. The molecule has 2 aromatic rings. The van der Waals surface area contributed by atoms with Crippen LogP contribution in [0.15, 0.2) is 30.3 Å². The topological polar surface area (TPSA) is 79.3 Å². The van der Waals surface area contributed by atoms with Gasteiger partial charge in [-0.15, -0.1) is 11.3 Å². The number of nitrogens with zero attached hydrogens (tertiary/aromatic N) is 1. The molecular formula is C14H12N2O3S. The Labute approximate surface area is 119 Å². The van der Waals surface area contributed by atoms with Crippen molar-refractivity contribution in [2.24, 2.45) is 0 Å². The Kier molecular flexibility index (Phi) is 3.23. The second-order valence-electron chi connectivity index (χ2n) is 4.58. The van der Waals surface area contributed by atoms with Gasteiger partial charge < -0.3 is 5.11 Å². The third kappa shape index (κ3) is 2.30. The van der Waals surface area contributed by atoms with E-state index in [9.17, 15) is 9.59 Å². The van der Waals surface area contributed by atoms with E-state index in [0.29, 0.717) is 29.2 Å². The molecule has 1 amide bonds. The van der Waals surface area contributed by atoms with E-state index < -0.39 is 11.9 Å². The van der Waals surface area contributed by atoms with Crippen LogP contribution in [-0.2, 0) is 11.2 Å². The molecule has 0 bridgehead atoms. The maximum Gasteiger partial charge on any atom is 0.312 e. The summed E-state index contributed by atoms with van der Waals surface area (Å²) >= 11 is 1.36. The van der Waals surface area contributed by atoms with E-state index in [4.69, 9.17) is 5.11 Å². The van der Waals surface area contributed by atoms with Crippen LogP contribution in [0.2, 0.25) is 0 Å². The van der Waals surface area contributed by atoms with Crippen LogP contribution in [0.3, 0.4) is 0 Å². The van der Waals surface area contributed by atoms with Crippen molar-refractivity contribution in [3.05, 3.63) is 46.5 Å². The predicted molar refractivity (Wildman–Crippen MR) is 75.2 cm³/mol. The lowest BCUT2D eigenvalue weighted by Crippen LogP contribution is -2.12. The number of aryl methyl sites for hydroxylation is 1. The Morgan fingerprint density at radius 3 is 2.75 bits per heavy atom. The summed E-state index contributed by atoms with van der Waals surface area (Å²) in [6.07, 6.45) is 1.31. The van der Waals surface area contributed by atoms with E-state index >= 15 is 0 Å². The smallest absolute Gasteiger partial charge is 0.312 e. The van der Waals surface area contributed by atoms with Crippen molar-refractivity contribution >= 4 is 28.3 Å². The third-order valence-corrected chi connectivity index (χ3v) is 4.32. The van der Waals surface area contributed by atoms with Crippen molar-refractivity contribution < 1.29 is 14.7 Å². The van der Waals surface area contributed by atoms with Gasteiger partial charge in [0.15, 0.2) is 5.13 Å². The predicted octanol–water partition coefficient (Wildman–Crippen LogP) is 2.51. The highest BCUT2D eigenvalue weighted by Crippen LogP contribution is 2.38. The minimum atomic E-state index is -0.852. The molecule has 1 heterocycles. The fraction of sp³-hybridized carbons (Fsp3) is 0.214. The van der Waals surface area contributed by atoms with Gasteiger partial charge in [0, 0.05) is 10.4 Å². The number of carbonyl (C=O) groups excluding carboxylic acids is 1. The molecule has 2 N–H and O–H groups in total. The highest BCUT2D eigenvalue weighted by Gasteiger charge is 2.32. The molecule has 1 atom stereocenters. The fourth-order valence-corrected chi connectivity index (χ4v) is 3.31. The van der Waals surface area contributed by atoms with Crippen LogP contribution >= 0.6 is 11.3 Å². The van der Waals surface area contributed by atoms with E-state index in [2.05, 4.69) is 10.3 Å². The number of carboxylic acid groups (broad SMARTS) is 1. The first kappa shape index (κ1) is 12.8.